The highest BCUT2D eigenvalue weighted by Crippen LogP contribution is 2.45. The summed E-state index contributed by atoms with van der Waals surface area (Å²) >= 11 is 6.16. The average Bonchev–Trinajstić information content (AvgIpc) is 2.75. The third-order valence-corrected chi connectivity index (χ3v) is 5.49. The number of hydrogen-bond acceptors (Lipinski definition) is 1. The fourth-order valence-corrected chi connectivity index (χ4v) is 4.57. The highest BCUT2D eigenvalue weighted by atomic mass is 35.5. The van der Waals surface area contributed by atoms with Crippen molar-refractivity contribution in [1.29, 1.82) is 0 Å². The van der Waals surface area contributed by atoms with Crippen LogP contribution in [0.4, 0.5) is 0 Å². The Morgan fingerprint density at radius 2 is 1.90 bits per heavy atom. The Hall–Kier alpha value is -0.240. The predicted molar refractivity (Wildman–Crippen MR) is 85.0 cm³/mol. The molecule has 2 rings (SSSR count). The van der Waals surface area contributed by atoms with Crippen LogP contribution in [-0.4, -0.2) is 29.3 Å². The summed E-state index contributed by atoms with van der Waals surface area (Å²) in [6.45, 7) is 5.42. The van der Waals surface area contributed by atoms with Gasteiger partial charge in [-0.25, -0.2) is 0 Å². The molecule has 0 radical (unpaired) electrons. The first-order valence-electron chi connectivity index (χ1n) is 8.46. The lowest BCUT2D eigenvalue weighted by Gasteiger charge is -2.38. The second-order valence-electron chi connectivity index (χ2n) is 7.24. The van der Waals surface area contributed by atoms with Gasteiger partial charge < -0.3 is 4.90 Å². The smallest absolute Gasteiger partial charge is 0.229 e. The van der Waals surface area contributed by atoms with Crippen molar-refractivity contribution in [3.05, 3.63) is 0 Å². The molecule has 1 heterocycles. The Balaban J connectivity index is 2.16. The van der Waals surface area contributed by atoms with Gasteiger partial charge in [0, 0.05) is 23.9 Å². The molecule has 0 spiro atoms. The molecular formula is C17H30ClNO. The van der Waals surface area contributed by atoms with E-state index in [1.54, 1.807) is 0 Å². The third-order valence-electron chi connectivity index (χ3n) is 5.13. The second-order valence-corrected chi connectivity index (χ2v) is 7.55. The van der Waals surface area contributed by atoms with Crippen LogP contribution in [-0.2, 0) is 4.79 Å². The van der Waals surface area contributed by atoms with Gasteiger partial charge in [-0.2, -0.15) is 0 Å². The molecule has 1 aliphatic carbocycles. The van der Waals surface area contributed by atoms with Crippen molar-refractivity contribution in [2.24, 2.45) is 11.3 Å². The number of amides is 1. The van der Waals surface area contributed by atoms with E-state index in [-0.39, 0.29) is 11.5 Å². The van der Waals surface area contributed by atoms with E-state index in [1.807, 2.05) is 0 Å². The minimum atomic E-state index is -0.0667. The molecule has 1 atom stereocenters. The topological polar surface area (TPSA) is 20.3 Å². The fraction of sp³-hybridized carbons (Fsp3) is 0.941. The maximum absolute atomic E-state index is 13.2. The molecule has 2 fully saturated rings. The van der Waals surface area contributed by atoms with E-state index in [4.69, 9.17) is 11.6 Å². The van der Waals surface area contributed by atoms with Gasteiger partial charge in [-0.3, -0.25) is 4.79 Å². The van der Waals surface area contributed by atoms with Gasteiger partial charge >= 0.3 is 0 Å². The molecular weight excluding hydrogens is 270 g/mol. The minimum absolute atomic E-state index is 0.0667. The fourth-order valence-electron chi connectivity index (χ4n) is 4.25. The van der Waals surface area contributed by atoms with Crippen molar-refractivity contribution in [1.82, 2.24) is 4.90 Å². The van der Waals surface area contributed by atoms with Crippen LogP contribution >= 0.6 is 11.6 Å². The molecule has 116 valence electrons. The lowest BCUT2D eigenvalue weighted by Crippen LogP contribution is -2.49. The van der Waals surface area contributed by atoms with Crippen molar-refractivity contribution >= 4 is 17.5 Å². The summed E-state index contributed by atoms with van der Waals surface area (Å²) < 4.78 is 0. The number of likely N-dealkylation sites (tertiary alicyclic amines) is 1. The van der Waals surface area contributed by atoms with E-state index in [9.17, 15) is 4.79 Å². The van der Waals surface area contributed by atoms with Crippen molar-refractivity contribution < 1.29 is 4.79 Å². The number of nitrogens with zero attached hydrogens (tertiary/aromatic N) is 1. The van der Waals surface area contributed by atoms with Crippen LogP contribution in [0.2, 0.25) is 0 Å². The van der Waals surface area contributed by atoms with E-state index in [1.165, 1.54) is 25.7 Å². The minimum Gasteiger partial charge on any atom is -0.338 e. The van der Waals surface area contributed by atoms with Gasteiger partial charge in [0.25, 0.3) is 0 Å². The van der Waals surface area contributed by atoms with Gasteiger partial charge in [0.2, 0.25) is 5.91 Å². The van der Waals surface area contributed by atoms with Gasteiger partial charge in [0.15, 0.2) is 0 Å². The zero-order valence-corrected chi connectivity index (χ0v) is 13.9. The highest BCUT2D eigenvalue weighted by molar-refractivity contribution is 6.18. The van der Waals surface area contributed by atoms with E-state index < -0.39 is 0 Å². The lowest BCUT2D eigenvalue weighted by molar-refractivity contribution is -0.145. The van der Waals surface area contributed by atoms with Crippen LogP contribution in [0, 0.1) is 11.3 Å². The average molecular weight is 300 g/mol. The normalized spacial score (nSPS) is 26.8. The standard InChI is InChI=1S/C17H30ClNO/c1-14(2)12-17(9-5-6-10-17)16(20)19-11-7-3-4-8-15(19)13-18/h14-15H,3-13H2,1-2H3. The highest BCUT2D eigenvalue weighted by Gasteiger charge is 2.45. The lowest BCUT2D eigenvalue weighted by atomic mass is 9.77. The Bertz CT molecular complexity index is 323. The number of rotatable bonds is 4. The van der Waals surface area contributed by atoms with Crippen molar-refractivity contribution in [3.8, 4) is 0 Å². The molecule has 3 heteroatoms. The molecule has 2 nitrogen and oxygen atoms in total. The third kappa shape index (κ3) is 3.50. The van der Waals surface area contributed by atoms with Gasteiger partial charge in [0.05, 0.1) is 0 Å². The Labute approximate surface area is 129 Å². The van der Waals surface area contributed by atoms with Gasteiger partial charge in [0.1, 0.15) is 0 Å². The number of carbonyl (C=O) groups excluding carboxylic acids is 1. The molecule has 1 aliphatic heterocycles. The molecule has 1 amide bonds. The largest absolute Gasteiger partial charge is 0.338 e. The first-order chi connectivity index (χ1) is 9.59. The number of carbonyl (C=O) groups is 1. The maximum atomic E-state index is 13.2. The number of hydrogen-bond donors (Lipinski definition) is 0. The molecule has 0 aromatic heterocycles. The second kappa shape index (κ2) is 7.15. The summed E-state index contributed by atoms with van der Waals surface area (Å²) in [4.78, 5) is 15.4. The van der Waals surface area contributed by atoms with Crippen molar-refractivity contribution in [2.75, 3.05) is 12.4 Å². The van der Waals surface area contributed by atoms with Crippen molar-refractivity contribution in [3.63, 3.8) is 0 Å². The van der Waals surface area contributed by atoms with Gasteiger partial charge in [-0.05, 0) is 38.0 Å². The van der Waals surface area contributed by atoms with E-state index in [0.717, 1.165) is 38.6 Å². The number of alkyl halides is 1. The molecule has 0 N–H and O–H groups in total. The SMILES string of the molecule is CC(C)CC1(C(=O)N2CCCCCC2CCl)CCCC1. The molecule has 1 unspecified atom stereocenters. The zero-order valence-electron chi connectivity index (χ0n) is 13.2. The van der Waals surface area contributed by atoms with E-state index >= 15 is 0 Å². The summed E-state index contributed by atoms with van der Waals surface area (Å²) in [7, 11) is 0. The summed E-state index contributed by atoms with van der Waals surface area (Å²) in [6.07, 6.45) is 10.4. The first kappa shape index (κ1) is 16.1. The molecule has 2 aliphatic rings. The summed E-state index contributed by atoms with van der Waals surface area (Å²) in [6, 6.07) is 0.274. The maximum Gasteiger partial charge on any atom is 0.229 e. The van der Waals surface area contributed by atoms with E-state index in [2.05, 4.69) is 18.7 Å². The molecule has 0 aromatic carbocycles. The van der Waals surface area contributed by atoms with Gasteiger partial charge in [-0.1, -0.05) is 39.5 Å². The molecule has 0 aromatic rings. The van der Waals surface area contributed by atoms with Crippen LogP contribution in [0.15, 0.2) is 0 Å². The van der Waals surface area contributed by atoms with Crippen molar-refractivity contribution in [2.45, 2.75) is 77.7 Å². The quantitative estimate of drug-likeness (QED) is 0.695. The molecule has 20 heavy (non-hydrogen) atoms. The van der Waals surface area contributed by atoms with Crippen LogP contribution in [0.3, 0.4) is 0 Å². The molecule has 1 saturated heterocycles. The summed E-state index contributed by atoms with van der Waals surface area (Å²) in [5, 5.41) is 0. The summed E-state index contributed by atoms with van der Waals surface area (Å²) in [5.74, 6) is 1.62. The Morgan fingerprint density at radius 1 is 1.20 bits per heavy atom. The first-order valence-corrected chi connectivity index (χ1v) is 8.99. The Morgan fingerprint density at radius 3 is 2.50 bits per heavy atom. The monoisotopic (exact) mass is 299 g/mol. The van der Waals surface area contributed by atoms with Crippen LogP contribution in [0.1, 0.15) is 71.6 Å². The predicted octanol–water partition coefficient (Wildman–Crippen LogP) is 4.60. The van der Waals surface area contributed by atoms with Crippen LogP contribution < -0.4 is 0 Å². The summed E-state index contributed by atoms with van der Waals surface area (Å²) in [5.41, 5.74) is -0.0667. The Kier molecular flexibility index (Phi) is 5.77. The molecule has 1 saturated carbocycles. The van der Waals surface area contributed by atoms with Crippen LogP contribution in [0.5, 0.6) is 0 Å². The van der Waals surface area contributed by atoms with Crippen LogP contribution in [0.25, 0.3) is 0 Å². The van der Waals surface area contributed by atoms with Gasteiger partial charge in [-0.15, -0.1) is 11.6 Å². The molecule has 0 bridgehead atoms. The zero-order chi connectivity index (χ0) is 14.6. The number of halogens is 1. The van der Waals surface area contributed by atoms with E-state index in [0.29, 0.717) is 17.7 Å².